The van der Waals surface area contributed by atoms with Gasteiger partial charge in [0.15, 0.2) is 0 Å². The Hall–Kier alpha value is -2.24. The van der Waals surface area contributed by atoms with Gasteiger partial charge >= 0.3 is 12.1 Å². The summed E-state index contributed by atoms with van der Waals surface area (Å²) in [5, 5.41) is 8.29. The first-order chi connectivity index (χ1) is 12.2. The van der Waals surface area contributed by atoms with Crippen molar-refractivity contribution in [2.75, 3.05) is 13.1 Å². The normalized spacial score (nSPS) is 14.8. The molecule has 144 valence electrons. The predicted molar refractivity (Wildman–Crippen MR) is 102 cm³/mol. The van der Waals surface area contributed by atoms with Crippen molar-refractivity contribution in [3.63, 3.8) is 0 Å². The van der Waals surface area contributed by atoms with Crippen LogP contribution >= 0.6 is 0 Å². The van der Waals surface area contributed by atoms with Gasteiger partial charge in [0.25, 0.3) is 0 Å². The molecule has 1 aliphatic rings. The summed E-state index contributed by atoms with van der Waals surface area (Å²) in [6, 6.07) is 6.18. The molecule has 3 amide bonds. The summed E-state index contributed by atoms with van der Waals surface area (Å²) in [7, 11) is 0. The van der Waals surface area contributed by atoms with Crippen molar-refractivity contribution in [1.82, 2.24) is 16.0 Å². The molecule has 1 aromatic carbocycles. The van der Waals surface area contributed by atoms with Crippen LogP contribution in [0.1, 0.15) is 63.3 Å². The third-order valence-electron chi connectivity index (χ3n) is 4.30. The molecule has 0 aromatic heterocycles. The lowest BCUT2D eigenvalue weighted by atomic mass is 9.89. The van der Waals surface area contributed by atoms with E-state index in [4.69, 9.17) is 4.74 Å². The first-order valence-corrected chi connectivity index (χ1v) is 9.37. The molecule has 0 spiro atoms. The van der Waals surface area contributed by atoms with Crippen molar-refractivity contribution >= 4 is 12.1 Å². The zero-order valence-electron chi connectivity index (χ0n) is 16.3. The number of benzene rings is 1. The highest BCUT2D eigenvalue weighted by atomic mass is 16.6. The molecule has 0 heterocycles. The summed E-state index contributed by atoms with van der Waals surface area (Å²) in [6.07, 6.45) is 4.30. The van der Waals surface area contributed by atoms with E-state index < -0.39 is 11.7 Å². The quantitative estimate of drug-likeness (QED) is 0.703. The molecule has 1 aromatic rings. The number of aryl methyl sites for hydroxylation is 2. The van der Waals surface area contributed by atoms with Gasteiger partial charge in [0.1, 0.15) is 5.60 Å². The van der Waals surface area contributed by atoms with Crippen LogP contribution in [0, 0.1) is 0 Å². The number of hydrogen-bond donors (Lipinski definition) is 3. The number of hydrogen-bond acceptors (Lipinski definition) is 3. The molecule has 0 fully saturated rings. The lowest BCUT2D eigenvalue weighted by Crippen LogP contribution is -2.42. The lowest BCUT2D eigenvalue weighted by molar-refractivity contribution is 0.0528. The molecule has 3 N–H and O–H groups in total. The molecule has 0 saturated heterocycles. The Morgan fingerprint density at radius 3 is 2.42 bits per heavy atom. The third kappa shape index (κ3) is 6.58. The Balaban J connectivity index is 1.71. The molecular weight excluding hydrogens is 330 g/mol. The van der Waals surface area contributed by atoms with Crippen LogP contribution in [0.4, 0.5) is 9.59 Å². The van der Waals surface area contributed by atoms with Gasteiger partial charge in [0.05, 0.1) is 6.04 Å². The summed E-state index contributed by atoms with van der Waals surface area (Å²) in [5.74, 6) is 0. The lowest BCUT2D eigenvalue weighted by Gasteiger charge is -2.21. The molecule has 1 aliphatic carbocycles. The summed E-state index contributed by atoms with van der Waals surface area (Å²) in [6.45, 7) is 8.04. The average molecular weight is 361 g/mol. The molecule has 6 heteroatoms. The van der Waals surface area contributed by atoms with Gasteiger partial charge in [-0.25, -0.2) is 9.59 Å². The van der Waals surface area contributed by atoms with Crippen LogP contribution in [0.5, 0.6) is 0 Å². The number of alkyl carbamates (subject to hydrolysis) is 1. The average Bonchev–Trinajstić information content (AvgIpc) is 2.56. The Morgan fingerprint density at radius 2 is 1.73 bits per heavy atom. The van der Waals surface area contributed by atoms with E-state index in [-0.39, 0.29) is 12.1 Å². The van der Waals surface area contributed by atoms with Gasteiger partial charge in [-0.2, -0.15) is 0 Å². The second kappa shape index (κ2) is 8.92. The smallest absolute Gasteiger partial charge is 0.407 e. The predicted octanol–water partition coefficient (Wildman–Crippen LogP) is 3.45. The van der Waals surface area contributed by atoms with E-state index in [1.54, 1.807) is 20.8 Å². The van der Waals surface area contributed by atoms with Crippen LogP contribution in [0.25, 0.3) is 0 Å². The highest BCUT2D eigenvalue weighted by Crippen LogP contribution is 2.24. The van der Waals surface area contributed by atoms with Crippen molar-refractivity contribution in [2.24, 2.45) is 0 Å². The van der Waals surface area contributed by atoms with Crippen molar-refractivity contribution < 1.29 is 14.3 Å². The van der Waals surface area contributed by atoms with Crippen LogP contribution in [0.3, 0.4) is 0 Å². The molecule has 0 radical (unpaired) electrons. The third-order valence-corrected chi connectivity index (χ3v) is 4.30. The highest BCUT2D eigenvalue weighted by Gasteiger charge is 2.16. The molecule has 1 unspecified atom stereocenters. The molecule has 1 atom stereocenters. The number of ether oxygens (including phenoxy) is 1. The number of fused-ring (bicyclic) bond motifs is 1. The van der Waals surface area contributed by atoms with Crippen molar-refractivity contribution in [2.45, 2.75) is 65.0 Å². The van der Waals surface area contributed by atoms with E-state index in [0.29, 0.717) is 13.1 Å². The van der Waals surface area contributed by atoms with E-state index in [0.717, 1.165) is 18.4 Å². The fourth-order valence-corrected chi connectivity index (χ4v) is 3.01. The maximum atomic E-state index is 12.0. The standard InChI is InChI=1S/C20H31N3O3/c1-14(16-10-9-15-7-5-6-8-17(15)13-16)23-18(24)21-11-12-22-19(25)26-20(2,3)4/h9-10,13-14H,5-8,11-12H2,1-4H3,(H,22,25)(H2,21,23,24). The molecule has 0 aliphatic heterocycles. The van der Waals surface area contributed by atoms with Gasteiger partial charge in [-0.05, 0) is 70.1 Å². The Kier molecular flexibility index (Phi) is 6.89. The van der Waals surface area contributed by atoms with E-state index in [1.807, 2.05) is 6.92 Å². The fourth-order valence-electron chi connectivity index (χ4n) is 3.01. The van der Waals surface area contributed by atoms with Gasteiger partial charge in [-0.1, -0.05) is 18.2 Å². The van der Waals surface area contributed by atoms with Crippen LogP contribution in [0.2, 0.25) is 0 Å². The van der Waals surface area contributed by atoms with Crippen LogP contribution < -0.4 is 16.0 Å². The fraction of sp³-hybridized carbons (Fsp3) is 0.600. The highest BCUT2D eigenvalue weighted by molar-refractivity contribution is 5.74. The number of amides is 3. The Morgan fingerprint density at radius 1 is 1.08 bits per heavy atom. The van der Waals surface area contributed by atoms with E-state index >= 15 is 0 Å². The number of rotatable bonds is 5. The zero-order chi connectivity index (χ0) is 19.2. The van der Waals surface area contributed by atoms with E-state index in [2.05, 4.69) is 34.1 Å². The maximum absolute atomic E-state index is 12.0. The van der Waals surface area contributed by atoms with Crippen molar-refractivity contribution in [3.05, 3.63) is 34.9 Å². The number of urea groups is 1. The van der Waals surface area contributed by atoms with Crippen molar-refractivity contribution in [1.29, 1.82) is 0 Å². The number of carbonyl (C=O) groups excluding carboxylic acids is 2. The minimum Gasteiger partial charge on any atom is -0.444 e. The summed E-state index contributed by atoms with van der Waals surface area (Å²) < 4.78 is 5.13. The van der Waals surface area contributed by atoms with Gasteiger partial charge in [-0.15, -0.1) is 0 Å². The minimum absolute atomic E-state index is 0.0685. The molecule has 26 heavy (non-hydrogen) atoms. The largest absolute Gasteiger partial charge is 0.444 e. The molecule has 2 rings (SSSR count). The maximum Gasteiger partial charge on any atom is 0.407 e. The molecular formula is C20H31N3O3. The van der Waals surface area contributed by atoms with Gasteiger partial charge in [0, 0.05) is 13.1 Å². The second-order valence-corrected chi connectivity index (χ2v) is 7.79. The van der Waals surface area contributed by atoms with Crippen LogP contribution in [-0.4, -0.2) is 30.8 Å². The summed E-state index contributed by atoms with van der Waals surface area (Å²) in [4.78, 5) is 23.5. The Labute approximate surface area is 156 Å². The van der Waals surface area contributed by atoms with Crippen LogP contribution in [0.15, 0.2) is 18.2 Å². The molecule has 0 saturated carbocycles. The molecule has 0 bridgehead atoms. The monoisotopic (exact) mass is 361 g/mol. The summed E-state index contributed by atoms with van der Waals surface area (Å²) >= 11 is 0. The van der Waals surface area contributed by atoms with Gasteiger partial charge in [-0.3, -0.25) is 0 Å². The van der Waals surface area contributed by atoms with Crippen LogP contribution in [-0.2, 0) is 17.6 Å². The Bertz CT molecular complexity index is 638. The first-order valence-electron chi connectivity index (χ1n) is 9.37. The van der Waals surface area contributed by atoms with E-state index in [9.17, 15) is 9.59 Å². The van der Waals surface area contributed by atoms with Crippen molar-refractivity contribution in [3.8, 4) is 0 Å². The first kappa shape index (κ1) is 20.1. The number of carbonyl (C=O) groups is 2. The minimum atomic E-state index is -0.529. The molecule has 6 nitrogen and oxygen atoms in total. The topological polar surface area (TPSA) is 79.5 Å². The second-order valence-electron chi connectivity index (χ2n) is 7.79. The SMILES string of the molecule is CC(NC(=O)NCCNC(=O)OC(C)(C)C)c1ccc2c(c1)CCCC2. The van der Waals surface area contributed by atoms with Gasteiger partial charge < -0.3 is 20.7 Å². The van der Waals surface area contributed by atoms with E-state index in [1.165, 1.54) is 24.0 Å². The number of nitrogens with one attached hydrogen (secondary N) is 3. The zero-order valence-corrected chi connectivity index (χ0v) is 16.3. The van der Waals surface area contributed by atoms with Gasteiger partial charge in [0.2, 0.25) is 0 Å². The summed E-state index contributed by atoms with van der Waals surface area (Å²) in [5.41, 5.74) is 3.43.